The first kappa shape index (κ1) is 21.2. The van der Waals surface area contributed by atoms with Gasteiger partial charge in [0.15, 0.2) is 5.96 Å². The van der Waals surface area contributed by atoms with Crippen molar-refractivity contribution < 1.29 is 4.58 Å². The van der Waals surface area contributed by atoms with Crippen LogP contribution in [0.5, 0.6) is 0 Å². The fourth-order valence-electron chi connectivity index (χ4n) is 1.90. The van der Waals surface area contributed by atoms with Gasteiger partial charge in [-0.3, -0.25) is 19.8 Å². The Bertz CT molecular complexity index is 352. The van der Waals surface area contributed by atoms with Crippen LogP contribution < -0.4 is 5.32 Å². The second kappa shape index (κ2) is 11.8. The van der Waals surface area contributed by atoms with Crippen molar-refractivity contribution in [1.82, 2.24) is 20.0 Å². The molecular weight excluding hydrogens is 316 g/mol. The van der Waals surface area contributed by atoms with E-state index in [0.717, 1.165) is 36.5 Å². The number of nitrogens with one attached hydrogen (secondary N) is 1. The van der Waals surface area contributed by atoms with Crippen molar-refractivity contribution in [3.05, 3.63) is 0 Å². The molecule has 0 aliphatic rings. The smallest absolute Gasteiger partial charge is 0.347 e. The number of nitrogens with zero attached hydrogens (tertiary/aromatic N) is 5. The molecule has 0 radical (unpaired) electrons. The maximum absolute atomic E-state index is 4.62. The second-order valence-electron chi connectivity index (χ2n) is 5.65. The Morgan fingerprint density at radius 1 is 0.909 bits per heavy atom. The summed E-state index contributed by atoms with van der Waals surface area (Å²) in [5, 5.41) is 3.45. The van der Waals surface area contributed by atoms with E-state index in [2.05, 4.69) is 48.0 Å². The molecule has 0 amide bonds. The molecule has 0 saturated carbocycles. The van der Waals surface area contributed by atoms with Gasteiger partial charge in [0.2, 0.25) is 0 Å². The zero-order valence-corrected chi connectivity index (χ0v) is 17.0. The summed E-state index contributed by atoms with van der Waals surface area (Å²) in [5.41, 5.74) is 0. The number of hydrogen-bond acceptors (Lipinski definition) is 3. The predicted molar refractivity (Wildman–Crippen MR) is 103 cm³/mol. The molecule has 0 atom stereocenters. The zero-order chi connectivity index (χ0) is 17.1. The third kappa shape index (κ3) is 9.30. The van der Waals surface area contributed by atoms with Gasteiger partial charge in [-0.15, -0.1) is 0 Å². The van der Waals surface area contributed by atoms with Crippen molar-refractivity contribution in [1.29, 1.82) is 0 Å². The fraction of sp³-hybridized carbons (Fsp3) is 0.857. The lowest BCUT2D eigenvalue weighted by atomic mass is 10.6. The lowest BCUT2D eigenvalue weighted by molar-refractivity contribution is -0.472. The van der Waals surface area contributed by atoms with Crippen LogP contribution in [-0.2, 0) is 0 Å². The maximum atomic E-state index is 4.62. The highest BCUT2D eigenvalue weighted by molar-refractivity contribution is 8.76. The summed E-state index contributed by atoms with van der Waals surface area (Å²) < 4.78 is 2.09. The molecule has 0 aliphatic carbocycles. The Morgan fingerprint density at radius 2 is 1.45 bits per heavy atom. The van der Waals surface area contributed by atoms with E-state index in [1.165, 1.54) is 0 Å². The largest absolute Gasteiger partial charge is 0.349 e. The van der Waals surface area contributed by atoms with Crippen molar-refractivity contribution in [2.45, 2.75) is 0 Å². The summed E-state index contributed by atoms with van der Waals surface area (Å²) in [7, 11) is 20.1. The molecule has 6 nitrogen and oxygen atoms in total. The predicted octanol–water partition coefficient (Wildman–Crippen LogP) is 0.626. The quantitative estimate of drug-likeness (QED) is 0.239. The average Bonchev–Trinajstić information content (AvgIpc) is 2.38. The number of guanidine groups is 2. The minimum Gasteiger partial charge on any atom is -0.349 e. The van der Waals surface area contributed by atoms with Gasteiger partial charge in [-0.1, -0.05) is 21.6 Å². The van der Waals surface area contributed by atoms with Crippen LogP contribution in [0.2, 0.25) is 0 Å². The van der Waals surface area contributed by atoms with E-state index in [1.54, 1.807) is 0 Å². The number of rotatable bonds is 7. The summed E-state index contributed by atoms with van der Waals surface area (Å²) in [4.78, 5) is 10.8. The Balaban J connectivity index is 3.83. The standard InChI is InChI=1S/C14H32N6S2/c1-17(2)13(18(3)4)15-9-11-21-22-12-10-16-14(19(5)6)20(7)8/h9-12H2,1-8H3/p+1. The molecule has 0 heterocycles. The highest BCUT2D eigenvalue weighted by Gasteiger charge is 2.09. The molecule has 0 aromatic rings. The van der Waals surface area contributed by atoms with E-state index in [0.29, 0.717) is 0 Å². The van der Waals surface area contributed by atoms with Gasteiger partial charge in [0, 0.05) is 39.7 Å². The molecule has 0 bridgehead atoms. The van der Waals surface area contributed by atoms with Gasteiger partial charge in [-0.2, -0.15) is 0 Å². The average molecular weight is 350 g/mol. The molecule has 0 spiro atoms. The second-order valence-corrected chi connectivity index (χ2v) is 8.36. The Hall–Kier alpha value is -0.760. The van der Waals surface area contributed by atoms with Gasteiger partial charge in [0.1, 0.15) is 0 Å². The topological polar surface area (TPSA) is 37.1 Å². The minimum atomic E-state index is 0.851. The molecule has 8 heteroatoms. The van der Waals surface area contributed by atoms with Crippen LogP contribution in [0.4, 0.5) is 0 Å². The molecule has 0 aromatic heterocycles. The Kier molecular flexibility index (Phi) is 11.4. The monoisotopic (exact) mass is 349 g/mol. The van der Waals surface area contributed by atoms with Gasteiger partial charge < -0.3 is 9.80 Å². The first-order chi connectivity index (χ1) is 10.3. The van der Waals surface area contributed by atoms with Gasteiger partial charge in [-0.05, 0) is 0 Å². The van der Waals surface area contributed by atoms with Crippen LogP contribution in [0, 0.1) is 0 Å². The van der Waals surface area contributed by atoms with Crippen molar-refractivity contribution in [2.24, 2.45) is 4.99 Å². The van der Waals surface area contributed by atoms with Gasteiger partial charge >= 0.3 is 5.96 Å². The van der Waals surface area contributed by atoms with E-state index >= 15 is 0 Å². The summed E-state index contributed by atoms with van der Waals surface area (Å²) in [6.07, 6.45) is 0. The summed E-state index contributed by atoms with van der Waals surface area (Å²) in [5.74, 6) is 4.27. The molecule has 0 rings (SSSR count). The third-order valence-corrected chi connectivity index (χ3v) is 5.01. The van der Waals surface area contributed by atoms with Crippen molar-refractivity contribution >= 4 is 33.5 Å². The molecular formula is C14H33N6S2+. The van der Waals surface area contributed by atoms with Crippen molar-refractivity contribution in [2.75, 3.05) is 81.0 Å². The van der Waals surface area contributed by atoms with Gasteiger partial charge in [0.25, 0.3) is 0 Å². The van der Waals surface area contributed by atoms with Crippen molar-refractivity contribution in [3.8, 4) is 0 Å². The summed E-state index contributed by atoms with van der Waals surface area (Å²) in [6.45, 7) is 1.82. The van der Waals surface area contributed by atoms with E-state index in [9.17, 15) is 0 Å². The van der Waals surface area contributed by atoms with E-state index in [-0.39, 0.29) is 0 Å². The van der Waals surface area contributed by atoms with Crippen LogP contribution in [0.25, 0.3) is 0 Å². The molecule has 22 heavy (non-hydrogen) atoms. The van der Waals surface area contributed by atoms with Crippen molar-refractivity contribution in [3.63, 3.8) is 0 Å². The molecule has 0 aromatic carbocycles. The highest BCUT2D eigenvalue weighted by Crippen LogP contribution is 2.19. The molecule has 0 unspecified atom stereocenters. The summed E-state index contributed by atoms with van der Waals surface area (Å²) >= 11 is 0. The number of aliphatic imine (C=N–C) groups is 1. The lowest BCUT2D eigenvalue weighted by Crippen LogP contribution is -2.42. The molecule has 0 fully saturated rings. The van der Waals surface area contributed by atoms with Crippen LogP contribution in [0.15, 0.2) is 4.99 Å². The summed E-state index contributed by atoms with van der Waals surface area (Å²) in [6, 6.07) is 0. The SMILES string of the molecule is CN(C)C(=NCCSSCCNC(N(C)C)=[N+](C)C)N(C)C. The fourth-order valence-corrected chi connectivity index (χ4v) is 3.67. The van der Waals surface area contributed by atoms with E-state index in [4.69, 9.17) is 0 Å². The molecule has 0 aliphatic heterocycles. The Labute approximate surface area is 144 Å². The maximum Gasteiger partial charge on any atom is 0.347 e. The van der Waals surface area contributed by atoms with Crippen LogP contribution in [0.3, 0.4) is 0 Å². The van der Waals surface area contributed by atoms with E-state index in [1.807, 2.05) is 59.6 Å². The van der Waals surface area contributed by atoms with E-state index < -0.39 is 0 Å². The third-order valence-electron chi connectivity index (χ3n) is 2.63. The Morgan fingerprint density at radius 3 is 1.91 bits per heavy atom. The first-order valence-corrected chi connectivity index (χ1v) is 9.85. The molecule has 1 N–H and O–H groups in total. The lowest BCUT2D eigenvalue weighted by Gasteiger charge is -2.22. The zero-order valence-electron chi connectivity index (χ0n) is 15.4. The minimum absolute atomic E-state index is 0.851. The molecule has 130 valence electrons. The normalized spacial score (nSPS) is 10.0. The van der Waals surface area contributed by atoms with Crippen LogP contribution in [0.1, 0.15) is 0 Å². The molecule has 0 saturated heterocycles. The first-order valence-electron chi connectivity index (χ1n) is 7.36. The van der Waals surface area contributed by atoms with Crippen LogP contribution in [-0.4, -0.2) is 112 Å². The number of hydrogen-bond donors (Lipinski definition) is 1. The van der Waals surface area contributed by atoms with Gasteiger partial charge in [0.05, 0.1) is 41.3 Å². The van der Waals surface area contributed by atoms with Gasteiger partial charge in [-0.25, -0.2) is 0 Å². The van der Waals surface area contributed by atoms with Crippen LogP contribution >= 0.6 is 21.6 Å². The highest BCUT2D eigenvalue weighted by atomic mass is 33.1.